The van der Waals surface area contributed by atoms with Crippen LogP contribution in [0.1, 0.15) is 5.56 Å². The lowest BCUT2D eigenvalue weighted by atomic mass is 10.2. The SMILES string of the molecule is O=c1[nH]c(O)cc2nn(-c3ccccc3)c(NCc3ccccc3)c12. The van der Waals surface area contributed by atoms with Crippen molar-refractivity contribution in [3.8, 4) is 11.6 Å². The summed E-state index contributed by atoms with van der Waals surface area (Å²) in [5.74, 6) is 0.385. The quantitative estimate of drug-likeness (QED) is 0.536. The molecule has 2 heterocycles. The predicted octanol–water partition coefficient (Wildman–Crippen LogP) is 3.03. The van der Waals surface area contributed by atoms with Crippen LogP contribution < -0.4 is 10.9 Å². The number of benzene rings is 2. The molecule has 0 saturated heterocycles. The van der Waals surface area contributed by atoms with E-state index in [1.165, 1.54) is 6.07 Å². The lowest BCUT2D eigenvalue weighted by molar-refractivity contribution is 0.453. The number of hydrogen-bond acceptors (Lipinski definition) is 4. The molecule has 0 aliphatic carbocycles. The van der Waals surface area contributed by atoms with E-state index in [-0.39, 0.29) is 11.4 Å². The van der Waals surface area contributed by atoms with Gasteiger partial charge < -0.3 is 10.4 Å². The topological polar surface area (TPSA) is 82.9 Å². The minimum Gasteiger partial charge on any atom is -0.494 e. The molecular weight excluding hydrogens is 316 g/mol. The van der Waals surface area contributed by atoms with Crippen LogP contribution in [-0.2, 0) is 6.54 Å². The molecule has 4 aromatic rings. The molecule has 124 valence electrons. The van der Waals surface area contributed by atoms with Crippen molar-refractivity contribution in [1.82, 2.24) is 14.8 Å². The Balaban J connectivity index is 1.86. The van der Waals surface area contributed by atoms with Gasteiger partial charge in [0.25, 0.3) is 5.56 Å². The van der Waals surface area contributed by atoms with Crippen molar-refractivity contribution in [2.45, 2.75) is 6.54 Å². The van der Waals surface area contributed by atoms with Crippen molar-refractivity contribution in [1.29, 1.82) is 0 Å². The van der Waals surface area contributed by atoms with Crippen molar-refractivity contribution >= 4 is 16.7 Å². The Hall–Kier alpha value is -3.54. The van der Waals surface area contributed by atoms with Crippen molar-refractivity contribution in [2.24, 2.45) is 0 Å². The highest BCUT2D eigenvalue weighted by atomic mass is 16.3. The number of hydrogen-bond donors (Lipinski definition) is 3. The van der Waals surface area contributed by atoms with Crippen LogP contribution in [0.15, 0.2) is 71.5 Å². The summed E-state index contributed by atoms with van der Waals surface area (Å²) in [6.07, 6.45) is 0. The first-order valence-corrected chi connectivity index (χ1v) is 7.90. The summed E-state index contributed by atoms with van der Waals surface area (Å²) in [5.41, 5.74) is 1.97. The Labute approximate surface area is 143 Å². The van der Waals surface area contributed by atoms with E-state index in [0.717, 1.165) is 11.3 Å². The molecule has 0 unspecified atom stereocenters. The lowest BCUT2D eigenvalue weighted by Crippen LogP contribution is -2.10. The first-order valence-electron chi connectivity index (χ1n) is 7.90. The zero-order valence-corrected chi connectivity index (χ0v) is 13.3. The summed E-state index contributed by atoms with van der Waals surface area (Å²) in [7, 11) is 0. The van der Waals surface area contributed by atoms with Crippen LogP contribution in [0.3, 0.4) is 0 Å². The predicted molar refractivity (Wildman–Crippen MR) is 97.1 cm³/mol. The third kappa shape index (κ3) is 2.85. The second kappa shape index (κ2) is 6.16. The van der Waals surface area contributed by atoms with Crippen LogP contribution in [-0.4, -0.2) is 19.9 Å². The zero-order chi connectivity index (χ0) is 17.2. The molecule has 0 atom stereocenters. The third-order valence-electron chi connectivity index (χ3n) is 3.96. The molecule has 0 bridgehead atoms. The number of pyridine rings is 1. The van der Waals surface area contributed by atoms with Gasteiger partial charge in [0, 0.05) is 12.6 Å². The minimum absolute atomic E-state index is 0.204. The highest BCUT2D eigenvalue weighted by Gasteiger charge is 2.16. The number of aromatic hydroxyl groups is 1. The molecule has 0 fully saturated rings. The molecule has 4 rings (SSSR count). The van der Waals surface area contributed by atoms with Gasteiger partial charge in [-0.15, -0.1) is 0 Å². The van der Waals surface area contributed by atoms with E-state index >= 15 is 0 Å². The molecule has 25 heavy (non-hydrogen) atoms. The Kier molecular flexibility index (Phi) is 3.70. The first kappa shape index (κ1) is 15.0. The van der Waals surface area contributed by atoms with Crippen LogP contribution in [0.5, 0.6) is 5.88 Å². The van der Waals surface area contributed by atoms with Crippen LogP contribution in [0.25, 0.3) is 16.6 Å². The number of H-pyrrole nitrogens is 1. The number of nitrogens with zero attached hydrogens (tertiary/aromatic N) is 2. The summed E-state index contributed by atoms with van der Waals surface area (Å²) >= 11 is 0. The maximum Gasteiger partial charge on any atom is 0.264 e. The van der Waals surface area contributed by atoms with E-state index in [0.29, 0.717) is 23.3 Å². The van der Waals surface area contributed by atoms with Crippen molar-refractivity contribution in [2.75, 3.05) is 5.32 Å². The average Bonchev–Trinajstić information content (AvgIpc) is 3.00. The van der Waals surface area contributed by atoms with Crippen molar-refractivity contribution < 1.29 is 5.11 Å². The second-order valence-corrected chi connectivity index (χ2v) is 5.68. The second-order valence-electron chi connectivity index (χ2n) is 5.68. The van der Waals surface area contributed by atoms with E-state index < -0.39 is 0 Å². The smallest absolute Gasteiger partial charge is 0.264 e. The van der Waals surface area contributed by atoms with Crippen LogP contribution in [0.4, 0.5) is 5.82 Å². The standard InChI is InChI=1S/C19H16N4O2/c24-16-11-15-17(19(25)21-16)18(20-12-13-7-3-1-4-8-13)23(22-15)14-9-5-2-6-10-14/h1-11,20,24H,12H2,(H,21,25). The summed E-state index contributed by atoms with van der Waals surface area (Å²) in [5, 5.41) is 17.9. The summed E-state index contributed by atoms with van der Waals surface area (Å²) in [4.78, 5) is 14.8. The zero-order valence-electron chi connectivity index (χ0n) is 13.3. The molecule has 6 nitrogen and oxygen atoms in total. The molecule has 0 aliphatic heterocycles. The first-order chi connectivity index (χ1) is 12.2. The van der Waals surface area contributed by atoms with Gasteiger partial charge in [-0.3, -0.25) is 9.78 Å². The molecule has 2 aromatic heterocycles. The highest BCUT2D eigenvalue weighted by Crippen LogP contribution is 2.25. The fraction of sp³-hybridized carbons (Fsp3) is 0.0526. The molecule has 0 saturated carbocycles. The van der Waals surface area contributed by atoms with Crippen LogP contribution in [0.2, 0.25) is 0 Å². The highest BCUT2D eigenvalue weighted by molar-refractivity contribution is 5.90. The molecule has 3 N–H and O–H groups in total. The molecular formula is C19H16N4O2. The number of nitrogens with one attached hydrogen (secondary N) is 2. The molecule has 0 amide bonds. The van der Waals surface area contributed by atoms with Crippen LogP contribution >= 0.6 is 0 Å². The maximum absolute atomic E-state index is 12.4. The Morgan fingerprint density at radius 2 is 1.72 bits per heavy atom. The van der Waals surface area contributed by atoms with E-state index in [2.05, 4.69) is 15.4 Å². The van der Waals surface area contributed by atoms with E-state index in [1.807, 2.05) is 60.7 Å². The van der Waals surface area contributed by atoms with E-state index in [9.17, 15) is 9.90 Å². The molecule has 0 radical (unpaired) electrons. The van der Waals surface area contributed by atoms with Gasteiger partial charge in [-0.05, 0) is 17.7 Å². The van der Waals surface area contributed by atoms with Gasteiger partial charge in [-0.1, -0.05) is 48.5 Å². The Morgan fingerprint density at radius 1 is 1.04 bits per heavy atom. The fourth-order valence-electron chi connectivity index (χ4n) is 2.81. The Morgan fingerprint density at radius 3 is 2.44 bits per heavy atom. The van der Waals surface area contributed by atoms with E-state index in [1.54, 1.807) is 4.68 Å². The summed E-state index contributed by atoms with van der Waals surface area (Å²) < 4.78 is 1.68. The number of aromatic nitrogens is 3. The normalized spacial score (nSPS) is 10.9. The maximum atomic E-state index is 12.4. The van der Waals surface area contributed by atoms with Crippen molar-refractivity contribution in [3.63, 3.8) is 0 Å². The molecule has 0 spiro atoms. The van der Waals surface area contributed by atoms with Gasteiger partial charge in [-0.25, -0.2) is 4.68 Å². The number of fused-ring (bicyclic) bond motifs is 1. The summed E-state index contributed by atoms with van der Waals surface area (Å²) in [6, 6.07) is 20.9. The van der Waals surface area contributed by atoms with Gasteiger partial charge in [0.05, 0.1) is 5.69 Å². The molecule has 2 aromatic carbocycles. The number of anilines is 1. The van der Waals surface area contributed by atoms with E-state index in [4.69, 9.17) is 0 Å². The number of aromatic amines is 1. The van der Waals surface area contributed by atoms with Crippen molar-refractivity contribution in [3.05, 3.63) is 82.6 Å². The van der Waals surface area contributed by atoms with Gasteiger partial charge >= 0.3 is 0 Å². The van der Waals surface area contributed by atoms with Gasteiger partial charge in [0.15, 0.2) is 5.88 Å². The van der Waals surface area contributed by atoms with Gasteiger partial charge in [0.2, 0.25) is 0 Å². The van der Waals surface area contributed by atoms with Crippen LogP contribution in [0, 0.1) is 0 Å². The van der Waals surface area contributed by atoms with Gasteiger partial charge in [0.1, 0.15) is 16.7 Å². The average molecular weight is 332 g/mol. The molecule has 6 heteroatoms. The molecule has 0 aliphatic rings. The fourth-order valence-corrected chi connectivity index (χ4v) is 2.81. The lowest BCUT2D eigenvalue weighted by Gasteiger charge is -2.10. The largest absolute Gasteiger partial charge is 0.494 e. The Bertz CT molecular complexity index is 1070. The van der Waals surface area contributed by atoms with Gasteiger partial charge in [-0.2, -0.15) is 5.10 Å². The summed E-state index contributed by atoms with van der Waals surface area (Å²) in [6.45, 7) is 0.550. The monoisotopic (exact) mass is 332 g/mol. The minimum atomic E-state index is -0.382. The number of rotatable bonds is 4. The third-order valence-corrected chi connectivity index (χ3v) is 3.96. The number of para-hydroxylation sites is 1.